The number of alkyl halides is 3. The molecule has 0 saturated carbocycles. The molecule has 0 saturated heterocycles. The van der Waals surface area contributed by atoms with Crippen molar-refractivity contribution in [1.29, 1.82) is 0 Å². The minimum absolute atomic E-state index is 0.0170. The van der Waals surface area contributed by atoms with Gasteiger partial charge in [0.2, 0.25) is 0 Å². The van der Waals surface area contributed by atoms with E-state index in [9.17, 15) is 13.2 Å². The average Bonchev–Trinajstić information content (AvgIpc) is 2.30. The fourth-order valence-corrected chi connectivity index (χ4v) is 2.63. The van der Waals surface area contributed by atoms with Crippen molar-refractivity contribution < 1.29 is 13.2 Å². The van der Waals surface area contributed by atoms with Crippen LogP contribution in [0.4, 0.5) is 18.9 Å². The van der Waals surface area contributed by atoms with Gasteiger partial charge in [-0.15, -0.1) is 0 Å². The van der Waals surface area contributed by atoms with Crippen LogP contribution in [0.25, 0.3) is 10.9 Å². The molecule has 0 aliphatic carbocycles. The monoisotopic (exact) mass is 372 g/mol. The summed E-state index contributed by atoms with van der Waals surface area (Å²) in [5, 5.41) is 0.355. The summed E-state index contributed by atoms with van der Waals surface area (Å²) in [6.07, 6.45) is -4.60. The highest BCUT2D eigenvalue weighted by atomic mass is 79.9. The van der Waals surface area contributed by atoms with Crippen molar-refractivity contribution in [2.75, 3.05) is 5.73 Å². The van der Waals surface area contributed by atoms with Crippen LogP contribution in [-0.2, 0) is 6.18 Å². The Morgan fingerprint density at radius 1 is 1.26 bits per heavy atom. The lowest BCUT2D eigenvalue weighted by atomic mass is 10.1. The quantitative estimate of drug-likeness (QED) is 0.643. The van der Waals surface area contributed by atoms with E-state index in [1.807, 2.05) is 0 Å². The van der Waals surface area contributed by atoms with Crippen molar-refractivity contribution in [3.8, 4) is 0 Å². The first-order valence-electron chi connectivity index (χ1n) is 4.95. The van der Waals surface area contributed by atoms with Crippen LogP contribution in [0.1, 0.15) is 11.3 Å². The number of nitrogen functional groups attached to an aromatic ring is 1. The molecular formula is C11H6BrCl2F3N2. The van der Waals surface area contributed by atoms with Gasteiger partial charge in [0, 0.05) is 21.1 Å². The van der Waals surface area contributed by atoms with Gasteiger partial charge in [-0.25, -0.2) is 4.98 Å². The fourth-order valence-electron chi connectivity index (χ4n) is 1.70. The lowest BCUT2D eigenvalue weighted by Crippen LogP contribution is -2.12. The summed E-state index contributed by atoms with van der Waals surface area (Å²) in [6, 6.07) is 1.50. The van der Waals surface area contributed by atoms with E-state index >= 15 is 0 Å². The molecule has 0 atom stereocenters. The van der Waals surface area contributed by atoms with Gasteiger partial charge in [0.25, 0.3) is 0 Å². The molecule has 1 aromatic heterocycles. The third-order valence-corrected chi connectivity index (χ3v) is 4.39. The topological polar surface area (TPSA) is 38.9 Å². The van der Waals surface area contributed by atoms with E-state index in [-0.39, 0.29) is 26.8 Å². The lowest BCUT2D eigenvalue weighted by molar-refractivity contribution is -0.141. The average molecular weight is 374 g/mol. The molecule has 1 heterocycles. The van der Waals surface area contributed by atoms with Crippen LogP contribution >= 0.6 is 39.1 Å². The first-order valence-corrected chi connectivity index (χ1v) is 6.50. The van der Waals surface area contributed by atoms with Gasteiger partial charge >= 0.3 is 6.18 Å². The number of hydrogen-bond donors (Lipinski definition) is 1. The van der Waals surface area contributed by atoms with E-state index in [0.29, 0.717) is 9.86 Å². The number of halogens is 6. The number of fused-ring (bicyclic) bond motifs is 1. The highest BCUT2D eigenvalue weighted by Gasteiger charge is 2.36. The van der Waals surface area contributed by atoms with Crippen molar-refractivity contribution in [3.63, 3.8) is 0 Å². The summed E-state index contributed by atoms with van der Waals surface area (Å²) in [6.45, 7) is 1.26. The Morgan fingerprint density at radius 3 is 2.37 bits per heavy atom. The number of pyridine rings is 1. The molecule has 8 heteroatoms. The van der Waals surface area contributed by atoms with E-state index in [4.69, 9.17) is 28.9 Å². The first kappa shape index (κ1) is 14.7. The number of benzene rings is 1. The number of anilines is 1. The highest BCUT2D eigenvalue weighted by molar-refractivity contribution is 9.10. The smallest absolute Gasteiger partial charge is 0.398 e. The van der Waals surface area contributed by atoms with Crippen molar-refractivity contribution >= 4 is 55.7 Å². The van der Waals surface area contributed by atoms with Crippen molar-refractivity contribution in [2.45, 2.75) is 13.1 Å². The minimum Gasteiger partial charge on any atom is -0.398 e. The van der Waals surface area contributed by atoms with Crippen LogP contribution in [0.2, 0.25) is 10.0 Å². The maximum Gasteiger partial charge on any atom is 0.433 e. The first-order chi connectivity index (χ1) is 8.64. The predicted octanol–water partition coefficient (Wildman–Crippen LogP) is 5.21. The molecule has 2 N–H and O–H groups in total. The van der Waals surface area contributed by atoms with Crippen LogP contribution in [0.3, 0.4) is 0 Å². The Hall–Kier alpha value is -0.720. The lowest BCUT2D eigenvalue weighted by Gasteiger charge is -2.15. The second-order valence-corrected chi connectivity index (χ2v) is 5.49. The molecule has 0 aliphatic rings. The second-order valence-electron chi connectivity index (χ2n) is 3.88. The van der Waals surface area contributed by atoms with Crippen molar-refractivity contribution in [1.82, 2.24) is 4.98 Å². The van der Waals surface area contributed by atoms with Crippen LogP contribution < -0.4 is 5.73 Å². The van der Waals surface area contributed by atoms with Gasteiger partial charge in [-0.1, -0.05) is 23.2 Å². The number of hydrogen-bond acceptors (Lipinski definition) is 2. The summed E-state index contributed by atoms with van der Waals surface area (Å²) in [4.78, 5) is 3.57. The van der Waals surface area contributed by atoms with Gasteiger partial charge in [0.05, 0.1) is 15.6 Å². The molecule has 0 spiro atoms. The normalized spacial score (nSPS) is 12.2. The molecule has 0 radical (unpaired) electrons. The molecule has 2 rings (SSSR count). The van der Waals surface area contributed by atoms with Gasteiger partial charge in [-0.2, -0.15) is 13.2 Å². The van der Waals surface area contributed by atoms with Crippen molar-refractivity contribution in [3.05, 3.63) is 31.8 Å². The van der Waals surface area contributed by atoms with E-state index in [1.54, 1.807) is 0 Å². The molecule has 0 unspecified atom stereocenters. The van der Waals surface area contributed by atoms with E-state index in [0.717, 1.165) is 0 Å². The van der Waals surface area contributed by atoms with Crippen molar-refractivity contribution in [2.24, 2.45) is 0 Å². The third-order valence-electron chi connectivity index (χ3n) is 2.68. The molecule has 0 amide bonds. The molecule has 2 nitrogen and oxygen atoms in total. The number of aromatic nitrogens is 1. The Balaban J connectivity index is 2.98. The summed E-state index contributed by atoms with van der Waals surface area (Å²) < 4.78 is 39.0. The van der Waals surface area contributed by atoms with Crippen LogP contribution in [0, 0.1) is 6.92 Å². The van der Waals surface area contributed by atoms with E-state index in [1.165, 1.54) is 13.0 Å². The molecule has 102 valence electrons. The zero-order valence-electron chi connectivity index (χ0n) is 9.37. The zero-order chi connectivity index (χ0) is 14.5. The maximum absolute atomic E-state index is 12.9. The SMILES string of the molecule is Cc1c(C(F)(F)F)nc2c(Cl)c(Cl)c(Br)cc2c1N. The van der Waals surface area contributed by atoms with Gasteiger partial charge in [0.1, 0.15) is 5.69 Å². The van der Waals surface area contributed by atoms with Gasteiger partial charge in [-0.05, 0) is 28.9 Å². The van der Waals surface area contributed by atoms with Gasteiger partial charge in [-0.3, -0.25) is 0 Å². The Kier molecular flexibility index (Phi) is 3.62. The molecule has 19 heavy (non-hydrogen) atoms. The Labute approximate surface area is 124 Å². The molecule has 2 aromatic rings. The van der Waals surface area contributed by atoms with Gasteiger partial charge < -0.3 is 5.73 Å². The largest absolute Gasteiger partial charge is 0.433 e. The summed E-state index contributed by atoms with van der Waals surface area (Å²) in [5.74, 6) is 0. The number of rotatable bonds is 0. The van der Waals surface area contributed by atoms with Crippen LogP contribution in [0.5, 0.6) is 0 Å². The zero-order valence-corrected chi connectivity index (χ0v) is 12.5. The molecule has 1 aromatic carbocycles. The van der Waals surface area contributed by atoms with E-state index < -0.39 is 11.9 Å². The third kappa shape index (κ3) is 2.37. The predicted molar refractivity (Wildman–Crippen MR) is 73.6 cm³/mol. The van der Waals surface area contributed by atoms with E-state index in [2.05, 4.69) is 20.9 Å². The highest BCUT2D eigenvalue weighted by Crippen LogP contribution is 2.42. The summed E-state index contributed by atoms with van der Waals surface area (Å²) in [7, 11) is 0. The molecule has 0 bridgehead atoms. The number of nitrogens with two attached hydrogens (primary N) is 1. The Bertz CT molecular complexity index is 686. The molecular weight excluding hydrogens is 368 g/mol. The fraction of sp³-hybridized carbons (Fsp3) is 0.182. The maximum atomic E-state index is 12.9. The molecule has 0 aliphatic heterocycles. The molecule has 0 fully saturated rings. The minimum atomic E-state index is -4.60. The number of nitrogens with zero attached hydrogens (tertiary/aromatic N) is 1. The van der Waals surface area contributed by atoms with Crippen LogP contribution in [0.15, 0.2) is 10.5 Å². The Morgan fingerprint density at radius 2 is 1.84 bits per heavy atom. The summed E-state index contributed by atoms with van der Waals surface area (Å²) in [5.41, 5.74) is 4.47. The standard InChI is InChI=1S/C11H6BrCl2F3N2/c1-3-8(18)4-2-5(12)6(13)7(14)9(4)19-10(3)11(15,16)17/h2H,1H3,(H2,18,19). The van der Waals surface area contributed by atoms with Crippen LogP contribution in [-0.4, -0.2) is 4.98 Å². The van der Waals surface area contributed by atoms with Gasteiger partial charge in [0.15, 0.2) is 0 Å². The second kappa shape index (κ2) is 4.68. The summed E-state index contributed by atoms with van der Waals surface area (Å²) >= 11 is 15.0.